The summed E-state index contributed by atoms with van der Waals surface area (Å²) in [5, 5.41) is 5.74. The average molecular weight is 216 g/mol. The van der Waals surface area contributed by atoms with E-state index in [-0.39, 0.29) is 12.6 Å². The number of hydrogen-bond acceptors (Lipinski definition) is 4. The van der Waals surface area contributed by atoms with Crippen LogP contribution >= 0.6 is 0 Å². The smallest absolute Gasteiger partial charge is 0.404 e. The molecule has 7 heteroatoms. The van der Waals surface area contributed by atoms with Crippen LogP contribution in [0, 0.1) is 0 Å². The van der Waals surface area contributed by atoms with Crippen LogP contribution in [0.3, 0.4) is 0 Å². The molecule has 0 bridgehead atoms. The van der Waals surface area contributed by atoms with Crippen molar-refractivity contribution < 1.29 is 14.3 Å². The Hall–Kier alpha value is -1.50. The summed E-state index contributed by atoms with van der Waals surface area (Å²) in [4.78, 5) is 23.0. The van der Waals surface area contributed by atoms with Gasteiger partial charge in [0, 0.05) is 32.7 Å². The predicted octanol–water partition coefficient (Wildman–Crippen LogP) is -1.30. The number of hydrogen-bond donors (Lipinski definition) is 3. The lowest BCUT2D eigenvalue weighted by Crippen LogP contribution is -2.35. The number of primary amides is 1. The lowest BCUT2D eigenvalue weighted by atomic mass is 10.5. The highest BCUT2D eigenvalue weighted by Crippen LogP contribution is 1.93. The molecule has 0 saturated carbocycles. The predicted molar refractivity (Wildman–Crippen MR) is 53.4 cm³/mol. The third-order valence-electron chi connectivity index (χ3n) is 2.03. The lowest BCUT2D eigenvalue weighted by Gasteiger charge is -2.13. The van der Waals surface area contributed by atoms with Gasteiger partial charge in [-0.3, -0.25) is 0 Å². The first-order chi connectivity index (χ1) is 7.20. The second-order valence-electron chi connectivity index (χ2n) is 3.14. The molecule has 0 spiro atoms. The first kappa shape index (κ1) is 11.6. The maximum atomic E-state index is 11.1. The normalized spacial score (nSPS) is 15.2. The van der Waals surface area contributed by atoms with Crippen LogP contribution in [0.15, 0.2) is 0 Å². The molecule has 0 atom stereocenters. The molecule has 0 aromatic rings. The topological polar surface area (TPSA) is 96.7 Å². The van der Waals surface area contributed by atoms with Gasteiger partial charge in [0.25, 0.3) is 0 Å². The molecule has 3 amide bonds. The van der Waals surface area contributed by atoms with E-state index < -0.39 is 6.09 Å². The van der Waals surface area contributed by atoms with E-state index in [4.69, 9.17) is 5.73 Å². The number of rotatable bonds is 6. The van der Waals surface area contributed by atoms with Crippen molar-refractivity contribution >= 4 is 12.1 Å². The van der Waals surface area contributed by atoms with Crippen molar-refractivity contribution in [3.63, 3.8) is 0 Å². The van der Waals surface area contributed by atoms with Gasteiger partial charge in [-0.1, -0.05) is 0 Å². The van der Waals surface area contributed by atoms with Crippen LogP contribution in [-0.4, -0.2) is 56.4 Å². The van der Waals surface area contributed by atoms with Crippen LogP contribution < -0.4 is 16.4 Å². The molecule has 0 aromatic heterocycles. The molecule has 4 N–H and O–H groups in total. The van der Waals surface area contributed by atoms with E-state index >= 15 is 0 Å². The molecule has 0 aromatic carbocycles. The lowest BCUT2D eigenvalue weighted by molar-refractivity contribution is 0.157. The number of carbonyl (C=O) groups excluding carboxylic acids is 2. The number of urea groups is 1. The number of carbonyl (C=O) groups is 2. The molecular formula is C8H16N4O3. The van der Waals surface area contributed by atoms with Crippen molar-refractivity contribution in [2.75, 3.05) is 39.3 Å². The van der Waals surface area contributed by atoms with Gasteiger partial charge in [-0.15, -0.1) is 0 Å². The van der Waals surface area contributed by atoms with E-state index in [0.29, 0.717) is 26.2 Å². The standard InChI is InChI=1S/C8H16N4O3/c9-7(13)15-6-3-10-1-4-12-5-2-11-8(12)14/h10H,1-6H2,(H2,9,13)(H,11,14). The minimum atomic E-state index is -0.768. The highest BCUT2D eigenvalue weighted by atomic mass is 16.5. The summed E-state index contributed by atoms with van der Waals surface area (Å²) < 4.78 is 4.52. The van der Waals surface area contributed by atoms with E-state index in [1.54, 1.807) is 4.90 Å². The monoisotopic (exact) mass is 216 g/mol. The quantitative estimate of drug-likeness (QED) is 0.480. The van der Waals surface area contributed by atoms with Crippen molar-refractivity contribution in [3.05, 3.63) is 0 Å². The van der Waals surface area contributed by atoms with Crippen molar-refractivity contribution in [3.8, 4) is 0 Å². The highest BCUT2D eigenvalue weighted by Gasteiger charge is 2.17. The van der Waals surface area contributed by atoms with Gasteiger partial charge in [-0.05, 0) is 0 Å². The zero-order chi connectivity index (χ0) is 11.1. The van der Waals surface area contributed by atoms with Gasteiger partial charge in [-0.25, -0.2) is 9.59 Å². The highest BCUT2D eigenvalue weighted by molar-refractivity contribution is 5.76. The number of nitrogens with zero attached hydrogens (tertiary/aromatic N) is 1. The number of ether oxygens (including phenoxy) is 1. The molecule has 1 heterocycles. The minimum Gasteiger partial charge on any atom is -0.448 e. The van der Waals surface area contributed by atoms with Crippen LogP contribution in [-0.2, 0) is 4.74 Å². The van der Waals surface area contributed by atoms with Gasteiger partial charge in [0.1, 0.15) is 6.61 Å². The maximum absolute atomic E-state index is 11.1. The SMILES string of the molecule is NC(=O)OCCNCCN1CCNC1=O. The number of nitrogens with one attached hydrogen (secondary N) is 2. The van der Waals surface area contributed by atoms with E-state index in [0.717, 1.165) is 6.54 Å². The third kappa shape index (κ3) is 4.50. The zero-order valence-corrected chi connectivity index (χ0v) is 8.49. The summed E-state index contributed by atoms with van der Waals surface area (Å²) in [5.41, 5.74) is 4.77. The van der Waals surface area contributed by atoms with Crippen LogP contribution in [0.4, 0.5) is 9.59 Å². The van der Waals surface area contributed by atoms with Gasteiger partial charge in [0.05, 0.1) is 0 Å². The van der Waals surface area contributed by atoms with Gasteiger partial charge < -0.3 is 26.0 Å². The van der Waals surface area contributed by atoms with Crippen molar-refractivity contribution in [2.45, 2.75) is 0 Å². The molecular weight excluding hydrogens is 200 g/mol. The summed E-state index contributed by atoms with van der Waals surface area (Å²) in [5.74, 6) is 0. The van der Waals surface area contributed by atoms with Gasteiger partial charge in [0.15, 0.2) is 0 Å². The minimum absolute atomic E-state index is 0.0230. The Morgan fingerprint density at radius 3 is 3.00 bits per heavy atom. The summed E-state index contributed by atoms with van der Waals surface area (Å²) in [7, 11) is 0. The van der Waals surface area contributed by atoms with E-state index in [1.165, 1.54) is 0 Å². The zero-order valence-electron chi connectivity index (χ0n) is 8.49. The Bertz CT molecular complexity index is 234. The molecule has 7 nitrogen and oxygen atoms in total. The maximum Gasteiger partial charge on any atom is 0.404 e. The molecule has 1 fully saturated rings. The van der Waals surface area contributed by atoms with Crippen molar-refractivity contribution in [1.29, 1.82) is 0 Å². The molecule has 0 aliphatic carbocycles. The summed E-state index contributed by atoms with van der Waals surface area (Å²) in [6.45, 7) is 3.58. The van der Waals surface area contributed by atoms with E-state index in [1.807, 2.05) is 0 Å². The Morgan fingerprint density at radius 2 is 2.40 bits per heavy atom. The van der Waals surface area contributed by atoms with Gasteiger partial charge in [0.2, 0.25) is 0 Å². The summed E-state index contributed by atoms with van der Waals surface area (Å²) in [6, 6.07) is -0.0230. The molecule has 0 unspecified atom stereocenters. The number of amides is 3. The molecule has 86 valence electrons. The molecule has 1 aliphatic heterocycles. The summed E-state index contributed by atoms with van der Waals surface area (Å²) >= 11 is 0. The second kappa shape index (κ2) is 6.07. The fourth-order valence-corrected chi connectivity index (χ4v) is 1.29. The Morgan fingerprint density at radius 1 is 1.60 bits per heavy atom. The second-order valence-corrected chi connectivity index (χ2v) is 3.14. The molecule has 1 rings (SSSR count). The third-order valence-corrected chi connectivity index (χ3v) is 2.03. The molecule has 1 aliphatic rings. The number of nitrogens with two attached hydrogens (primary N) is 1. The van der Waals surface area contributed by atoms with Crippen LogP contribution in [0.2, 0.25) is 0 Å². The Labute approximate surface area is 87.9 Å². The van der Waals surface area contributed by atoms with Crippen LogP contribution in [0.25, 0.3) is 0 Å². The molecule has 0 radical (unpaired) electrons. The van der Waals surface area contributed by atoms with Gasteiger partial charge >= 0.3 is 12.1 Å². The molecule has 1 saturated heterocycles. The largest absolute Gasteiger partial charge is 0.448 e. The fraction of sp³-hybridized carbons (Fsp3) is 0.750. The van der Waals surface area contributed by atoms with E-state index in [9.17, 15) is 9.59 Å². The van der Waals surface area contributed by atoms with Gasteiger partial charge in [-0.2, -0.15) is 0 Å². The Balaban J connectivity index is 1.92. The first-order valence-electron chi connectivity index (χ1n) is 4.86. The van der Waals surface area contributed by atoms with Crippen molar-refractivity contribution in [1.82, 2.24) is 15.5 Å². The van der Waals surface area contributed by atoms with E-state index in [2.05, 4.69) is 15.4 Å². The Kier molecular flexibility index (Phi) is 4.69. The summed E-state index contributed by atoms with van der Waals surface area (Å²) in [6.07, 6.45) is -0.768. The molecule has 15 heavy (non-hydrogen) atoms. The van der Waals surface area contributed by atoms with Crippen LogP contribution in [0.5, 0.6) is 0 Å². The fourth-order valence-electron chi connectivity index (χ4n) is 1.29. The first-order valence-corrected chi connectivity index (χ1v) is 4.86. The van der Waals surface area contributed by atoms with Crippen molar-refractivity contribution in [2.24, 2.45) is 5.73 Å². The van der Waals surface area contributed by atoms with Crippen LogP contribution in [0.1, 0.15) is 0 Å². The average Bonchev–Trinajstić information content (AvgIpc) is 2.57.